The average molecular weight is 294 g/mol. The lowest BCUT2D eigenvalue weighted by Crippen LogP contribution is -2.19. The maximum absolute atomic E-state index is 11.1. The lowest BCUT2D eigenvalue weighted by molar-refractivity contribution is -0.118. The maximum atomic E-state index is 11.1. The molecule has 5 nitrogen and oxygen atoms in total. The van der Waals surface area contributed by atoms with Crippen molar-refractivity contribution in [2.24, 2.45) is 0 Å². The molecule has 0 bridgehead atoms. The molecule has 0 atom stereocenters. The summed E-state index contributed by atoms with van der Waals surface area (Å²) in [7, 11) is 1.62. The molecule has 0 aliphatic rings. The van der Waals surface area contributed by atoms with Gasteiger partial charge in [0.1, 0.15) is 0 Å². The second-order valence-corrected chi connectivity index (χ2v) is 6.03. The van der Waals surface area contributed by atoms with E-state index in [1.807, 2.05) is 31.2 Å². The SMILES string of the molecule is CNC(=O)CSc1nnc(Nc2cccc(C)c2)s1. The van der Waals surface area contributed by atoms with E-state index in [0.29, 0.717) is 5.75 Å². The van der Waals surface area contributed by atoms with E-state index in [1.54, 1.807) is 7.05 Å². The molecule has 1 aromatic carbocycles. The molecule has 0 spiro atoms. The molecule has 2 rings (SSSR count). The summed E-state index contributed by atoms with van der Waals surface area (Å²) in [6.45, 7) is 2.04. The zero-order chi connectivity index (χ0) is 13.7. The minimum Gasteiger partial charge on any atom is -0.358 e. The smallest absolute Gasteiger partial charge is 0.230 e. The molecule has 0 aliphatic heterocycles. The number of carbonyl (C=O) groups is 1. The highest BCUT2D eigenvalue weighted by atomic mass is 32.2. The van der Waals surface area contributed by atoms with Crippen LogP contribution >= 0.6 is 23.1 Å². The van der Waals surface area contributed by atoms with Gasteiger partial charge < -0.3 is 10.6 Å². The Hall–Kier alpha value is -1.60. The molecule has 0 aliphatic carbocycles. The quantitative estimate of drug-likeness (QED) is 0.829. The predicted octanol–water partition coefficient (Wildman–Crippen LogP) is 2.43. The van der Waals surface area contributed by atoms with Crippen LogP contribution in [0.5, 0.6) is 0 Å². The van der Waals surface area contributed by atoms with Gasteiger partial charge in [0.05, 0.1) is 5.75 Å². The summed E-state index contributed by atoms with van der Waals surface area (Å²) in [5, 5.41) is 14.6. The Labute approximate surface area is 119 Å². The van der Waals surface area contributed by atoms with Crippen LogP contribution in [0.2, 0.25) is 0 Å². The summed E-state index contributed by atoms with van der Waals surface area (Å²) in [6.07, 6.45) is 0. The van der Waals surface area contributed by atoms with Gasteiger partial charge in [-0.15, -0.1) is 10.2 Å². The second-order valence-electron chi connectivity index (χ2n) is 3.83. The molecule has 0 saturated carbocycles. The highest BCUT2D eigenvalue weighted by molar-refractivity contribution is 8.01. The van der Waals surface area contributed by atoms with E-state index >= 15 is 0 Å². The van der Waals surface area contributed by atoms with E-state index in [-0.39, 0.29) is 5.91 Å². The lowest BCUT2D eigenvalue weighted by atomic mass is 10.2. The largest absolute Gasteiger partial charge is 0.358 e. The summed E-state index contributed by atoms with van der Waals surface area (Å²) in [6, 6.07) is 8.04. The third-order valence-corrected chi connectivity index (χ3v) is 4.25. The van der Waals surface area contributed by atoms with Crippen LogP contribution in [0, 0.1) is 6.92 Å². The van der Waals surface area contributed by atoms with Crippen molar-refractivity contribution in [3.63, 3.8) is 0 Å². The third-order valence-electron chi connectivity index (χ3n) is 2.28. The molecule has 0 saturated heterocycles. The fourth-order valence-electron chi connectivity index (χ4n) is 1.36. The number of anilines is 2. The number of nitrogens with zero attached hydrogens (tertiary/aromatic N) is 2. The van der Waals surface area contributed by atoms with Crippen molar-refractivity contribution in [2.75, 3.05) is 18.1 Å². The topological polar surface area (TPSA) is 66.9 Å². The molecule has 0 radical (unpaired) electrons. The van der Waals surface area contributed by atoms with Crippen LogP contribution in [0.25, 0.3) is 0 Å². The fraction of sp³-hybridized carbons (Fsp3) is 0.250. The van der Waals surface area contributed by atoms with E-state index in [9.17, 15) is 4.79 Å². The Morgan fingerprint density at radius 1 is 1.42 bits per heavy atom. The van der Waals surface area contributed by atoms with E-state index in [0.717, 1.165) is 15.2 Å². The number of aryl methyl sites for hydroxylation is 1. The van der Waals surface area contributed by atoms with Gasteiger partial charge in [-0.25, -0.2) is 0 Å². The van der Waals surface area contributed by atoms with Crippen molar-refractivity contribution < 1.29 is 4.79 Å². The minimum absolute atomic E-state index is 0.0200. The molecular formula is C12H14N4OS2. The van der Waals surface area contributed by atoms with Gasteiger partial charge in [-0.2, -0.15) is 0 Å². The fourth-order valence-corrected chi connectivity index (χ4v) is 3.01. The van der Waals surface area contributed by atoms with Crippen LogP contribution in [-0.4, -0.2) is 28.9 Å². The van der Waals surface area contributed by atoms with E-state index in [2.05, 4.69) is 20.8 Å². The normalized spacial score (nSPS) is 10.2. The monoisotopic (exact) mass is 294 g/mol. The van der Waals surface area contributed by atoms with Gasteiger partial charge in [-0.05, 0) is 24.6 Å². The Morgan fingerprint density at radius 2 is 2.26 bits per heavy atom. The zero-order valence-corrected chi connectivity index (χ0v) is 12.3. The Kier molecular flexibility index (Phi) is 4.75. The molecule has 1 amide bonds. The first kappa shape index (κ1) is 13.8. The van der Waals surface area contributed by atoms with Crippen molar-refractivity contribution in [1.29, 1.82) is 0 Å². The van der Waals surface area contributed by atoms with Crippen LogP contribution in [0.4, 0.5) is 10.8 Å². The van der Waals surface area contributed by atoms with Gasteiger partial charge in [-0.1, -0.05) is 35.2 Å². The van der Waals surface area contributed by atoms with E-state index in [4.69, 9.17) is 0 Å². The van der Waals surface area contributed by atoms with Gasteiger partial charge >= 0.3 is 0 Å². The van der Waals surface area contributed by atoms with Crippen molar-refractivity contribution in [3.8, 4) is 0 Å². The van der Waals surface area contributed by atoms with Crippen LogP contribution in [0.3, 0.4) is 0 Å². The summed E-state index contributed by atoms with van der Waals surface area (Å²) in [4.78, 5) is 11.1. The predicted molar refractivity (Wildman–Crippen MR) is 79.2 cm³/mol. The zero-order valence-electron chi connectivity index (χ0n) is 10.6. The minimum atomic E-state index is -0.0200. The van der Waals surface area contributed by atoms with Gasteiger partial charge in [0, 0.05) is 12.7 Å². The molecule has 100 valence electrons. The van der Waals surface area contributed by atoms with Gasteiger partial charge in [0.2, 0.25) is 11.0 Å². The highest BCUT2D eigenvalue weighted by Crippen LogP contribution is 2.27. The van der Waals surface area contributed by atoms with Gasteiger partial charge in [-0.3, -0.25) is 4.79 Å². The van der Waals surface area contributed by atoms with E-state index in [1.165, 1.54) is 28.7 Å². The number of amides is 1. The highest BCUT2D eigenvalue weighted by Gasteiger charge is 2.07. The first-order chi connectivity index (χ1) is 9.17. The first-order valence-corrected chi connectivity index (χ1v) is 7.48. The Morgan fingerprint density at radius 3 is 3.00 bits per heavy atom. The second kappa shape index (κ2) is 6.53. The van der Waals surface area contributed by atoms with Crippen molar-refractivity contribution >= 4 is 39.8 Å². The third kappa shape index (κ3) is 4.22. The molecule has 2 aromatic rings. The number of hydrogen-bond acceptors (Lipinski definition) is 6. The number of aromatic nitrogens is 2. The molecule has 2 N–H and O–H groups in total. The van der Waals surface area contributed by atoms with Crippen LogP contribution in [0.1, 0.15) is 5.56 Å². The van der Waals surface area contributed by atoms with Crippen LogP contribution in [0.15, 0.2) is 28.6 Å². The number of carbonyl (C=O) groups excluding carboxylic acids is 1. The molecule has 1 heterocycles. The van der Waals surface area contributed by atoms with Crippen molar-refractivity contribution in [1.82, 2.24) is 15.5 Å². The Balaban J connectivity index is 1.95. The summed E-state index contributed by atoms with van der Waals surface area (Å²) in [5.41, 5.74) is 2.17. The summed E-state index contributed by atoms with van der Waals surface area (Å²) >= 11 is 2.82. The van der Waals surface area contributed by atoms with Gasteiger partial charge in [0.25, 0.3) is 0 Å². The molecular weight excluding hydrogens is 280 g/mol. The molecule has 19 heavy (non-hydrogen) atoms. The van der Waals surface area contributed by atoms with Gasteiger partial charge in [0.15, 0.2) is 4.34 Å². The summed E-state index contributed by atoms with van der Waals surface area (Å²) in [5.74, 6) is 0.337. The lowest BCUT2D eigenvalue weighted by Gasteiger charge is -2.01. The molecule has 1 aromatic heterocycles. The standard InChI is InChI=1S/C12H14N4OS2/c1-8-4-3-5-9(6-8)14-11-15-16-12(19-11)18-7-10(17)13-2/h3-6H,7H2,1-2H3,(H,13,17)(H,14,15). The number of rotatable bonds is 5. The van der Waals surface area contributed by atoms with Crippen LogP contribution < -0.4 is 10.6 Å². The number of hydrogen-bond donors (Lipinski definition) is 2. The average Bonchev–Trinajstić information content (AvgIpc) is 2.83. The van der Waals surface area contributed by atoms with Crippen LogP contribution in [-0.2, 0) is 4.79 Å². The number of benzene rings is 1. The summed E-state index contributed by atoms with van der Waals surface area (Å²) < 4.78 is 0.777. The van der Waals surface area contributed by atoms with Crippen molar-refractivity contribution in [3.05, 3.63) is 29.8 Å². The molecule has 7 heteroatoms. The van der Waals surface area contributed by atoms with Crippen molar-refractivity contribution in [2.45, 2.75) is 11.3 Å². The number of thioether (sulfide) groups is 1. The first-order valence-electron chi connectivity index (χ1n) is 5.68. The Bertz CT molecular complexity index is 570. The number of nitrogens with one attached hydrogen (secondary N) is 2. The van der Waals surface area contributed by atoms with E-state index < -0.39 is 0 Å². The molecule has 0 fully saturated rings. The maximum Gasteiger partial charge on any atom is 0.230 e. The molecule has 0 unspecified atom stereocenters.